The van der Waals surface area contributed by atoms with Crippen LogP contribution in [0.3, 0.4) is 0 Å². The van der Waals surface area contributed by atoms with Crippen LogP contribution >= 0.6 is 0 Å². The van der Waals surface area contributed by atoms with E-state index in [0.29, 0.717) is 0 Å². The first-order chi connectivity index (χ1) is 20.1. The smallest absolute Gasteiger partial charge is 0.284 e. The molecular formula is C32H19N3O7. The zero-order chi connectivity index (χ0) is 29.7. The van der Waals surface area contributed by atoms with Gasteiger partial charge in [0, 0.05) is 34.9 Å². The first kappa shape index (κ1) is 26.2. The van der Waals surface area contributed by atoms with Crippen molar-refractivity contribution in [3.8, 4) is 11.1 Å². The molecule has 0 N–H and O–H groups in total. The van der Waals surface area contributed by atoms with E-state index in [1.165, 1.54) is 43.9 Å². The molecule has 0 aliphatic heterocycles. The van der Waals surface area contributed by atoms with Crippen LogP contribution in [0.4, 0.5) is 17.1 Å². The summed E-state index contributed by atoms with van der Waals surface area (Å²) in [7, 11) is 0. The first-order valence-corrected chi connectivity index (χ1v) is 12.7. The molecule has 0 saturated heterocycles. The Kier molecular flexibility index (Phi) is 6.15. The molecule has 10 heteroatoms. The molecule has 1 aliphatic carbocycles. The Hall–Kier alpha value is -6.03. The molecule has 0 heterocycles. The Bertz CT molecular complexity index is 2170. The van der Waals surface area contributed by atoms with Crippen molar-refractivity contribution in [1.82, 2.24) is 0 Å². The van der Waals surface area contributed by atoms with E-state index in [2.05, 4.69) is 73.7 Å². The third-order valence-corrected chi connectivity index (χ3v) is 7.41. The number of carbonyl (C=O) groups is 1. The summed E-state index contributed by atoms with van der Waals surface area (Å²) in [5.41, 5.74) is -0.381. The van der Waals surface area contributed by atoms with Gasteiger partial charge >= 0.3 is 0 Å². The lowest BCUT2D eigenvalue weighted by molar-refractivity contribution is -0.393. The SMILES string of the molecule is Cc1cc2cc3ccccc3cc2c2ccccc12.O=C1c2cc([N+](=O)[O-])ccc2-c2c1cc([N+](=O)[O-])cc2[N+](=O)[O-]. The van der Waals surface area contributed by atoms with Gasteiger partial charge in [0.1, 0.15) is 0 Å². The number of benzene rings is 6. The third kappa shape index (κ3) is 4.27. The predicted octanol–water partition coefficient (Wildman–Crippen LogP) is 8.08. The van der Waals surface area contributed by atoms with Gasteiger partial charge in [0.05, 0.1) is 26.4 Å². The molecule has 0 amide bonds. The van der Waals surface area contributed by atoms with Crippen LogP contribution in [0.2, 0.25) is 0 Å². The molecule has 6 aromatic rings. The highest BCUT2D eigenvalue weighted by Gasteiger charge is 2.36. The summed E-state index contributed by atoms with van der Waals surface area (Å²) in [6, 6.07) is 29.2. The highest BCUT2D eigenvalue weighted by Crippen LogP contribution is 2.45. The fraction of sp³-hybridized carbons (Fsp3) is 0.0312. The molecule has 0 spiro atoms. The summed E-state index contributed by atoms with van der Waals surface area (Å²) in [6.45, 7) is 2.19. The number of nitro benzene ring substituents is 3. The molecule has 0 bridgehead atoms. The lowest BCUT2D eigenvalue weighted by Gasteiger charge is -2.09. The monoisotopic (exact) mass is 557 g/mol. The van der Waals surface area contributed by atoms with Gasteiger partial charge in [-0.2, -0.15) is 0 Å². The van der Waals surface area contributed by atoms with Crippen molar-refractivity contribution in [3.05, 3.63) is 144 Å². The molecule has 10 nitrogen and oxygen atoms in total. The highest BCUT2D eigenvalue weighted by molar-refractivity contribution is 6.23. The molecule has 0 fully saturated rings. The minimum absolute atomic E-state index is 0.0597. The number of carbonyl (C=O) groups excluding carboxylic acids is 1. The van der Waals surface area contributed by atoms with E-state index in [-0.39, 0.29) is 27.9 Å². The summed E-state index contributed by atoms with van der Waals surface area (Å²) >= 11 is 0. The van der Waals surface area contributed by atoms with Gasteiger partial charge < -0.3 is 0 Å². The second kappa shape index (κ2) is 9.86. The van der Waals surface area contributed by atoms with Crippen LogP contribution < -0.4 is 0 Å². The Morgan fingerprint density at radius 3 is 1.81 bits per heavy atom. The first-order valence-electron chi connectivity index (χ1n) is 12.7. The number of fused-ring (bicyclic) bond motifs is 7. The van der Waals surface area contributed by atoms with Gasteiger partial charge in [-0.25, -0.2) is 0 Å². The standard InChI is InChI=1S/C19H14.C13H5N3O7/c1-13-10-16-11-14-6-2-3-7-15(14)12-19(16)18-9-5-4-8-17(13)18;17-13-9-3-6(14(18)19)1-2-8(9)12-10(13)4-7(15(20)21)5-11(12)16(22)23/h2-12H,1H3;1-5H. The summed E-state index contributed by atoms with van der Waals surface area (Å²) in [6.07, 6.45) is 0. The fourth-order valence-electron chi connectivity index (χ4n) is 5.50. The molecule has 0 unspecified atom stereocenters. The van der Waals surface area contributed by atoms with Crippen LogP contribution in [0, 0.1) is 37.3 Å². The summed E-state index contributed by atoms with van der Waals surface area (Å²) in [5.74, 6) is -0.717. The van der Waals surface area contributed by atoms with Crippen LogP contribution in [0.15, 0.2) is 97.1 Å². The number of hydrogen-bond acceptors (Lipinski definition) is 7. The van der Waals surface area contributed by atoms with Crippen molar-refractivity contribution in [2.45, 2.75) is 6.92 Å². The maximum absolute atomic E-state index is 12.3. The molecular weight excluding hydrogens is 538 g/mol. The van der Waals surface area contributed by atoms with Gasteiger partial charge in [-0.3, -0.25) is 35.1 Å². The van der Waals surface area contributed by atoms with E-state index in [1.54, 1.807) is 0 Å². The molecule has 6 aromatic carbocycles. The number of hydrogen-bond donors (Lipinski definition) is 0. The van der Waals surface area contributed by atoms with E-state index in [4.69, 9.17) is 0 Å². The van der Waals surface area contributed by atoms with Crippen molar-refractivity contribution in [1.29, 1.82) is 0 Å². The van der Waals surface area contributed by atoms with Crippen molar-refractivity contribution >= 4 is 55.2 Å². The van der Waals surface area contributed by atoms with Crippen LogP contribution in [-0.2, 0) is 0 Å². The topological polar surface area (TPSA) is 146 Å². The molecule has 42 heavy (non-hydrogen) atoms. The Balaban J connectivity index is 0.000000153. The number of nitrogens with zero attached hydrogens (tertiary/aromatic N) is 3. The minimum atomic E-state index is -0.841. The number of ketones is 1. The van der Waals surface area contributed by atoms with Crippen LogP contribution in [-0.4, -0.2) is 20.6 Å². The van der Waals surface area contributed by atoms with Gasteiger partial charge in [-0.1, -0.05) is 54.6 Å². The molecule has 0 saturated carbocycles. The average molecular weight is 558 g/mol. The van der Waals surface area contributed by atoms with E-state index in [9.17, 15) is 35.1 Å². The number of rotatable bonds is 3. The summed E-state index contributed by atoms with van der Waals surface area (Å²) < 4.78 is 0. The van der Waals surface area contributed by atoms with E-state index in [0.717, 1.165) is 24.3 Å². The van der Waals surface area contributed by atoms with Gasteiger partial charge in [0.2, 0.25) is 0 Å². The Morgan fingerprint density at radius 1 is 0.524 bits per heavy atom. The molecule has 7 rings (SSSR count). The van der Waals surface area contributed by atoms with Crippen molar-refractivity contribution in [2.24, 2.45) is 0 Å². The van der Waals surface area contributed by atoms with Crippen molar-refractivity contribution in [3.63, 3.8) is 0 Å². The zero-order valence-electron chi connectivity index (χ0n) is 21.9. The lowest BCUT2D eigenvalue weighted by Crippen LogP contribution is -2.00. The largest absolute Gasteiger partial charge is 0.289 e. The second-order valence-electron chi connectivity index (χ2n) is 9.88. The summed E-state index contributed by atoms with van der Waals surface area (Å²) in [4.78, 5) is 42.8. The molecule has 1 aliphatic rings. The third-order valence-electron chi connectivity index (χ3n) is 7.41. The fourth-order valence-corrected chi connectivity index (χ4v) is 5.50. The molecule has 0 atom stereocenters. The highest BCUT2D eigenvalue weighted by atomic mass is 16.6. The Morgan fingerprint density at radius 2 is 1.14 bits per heavy atom. The number of aryl methyl sites for hydroxylation is 1. The van der Waals surface area contributed by atoms with Gasteiger partial charge in [0.15, 0.2) is 5.78 Å². The van der Waals surface area contributed by atoms with Crippen LogP contribution in [0.1, 0.15) is 21.5 Å². The van der Waals surface area contributed by atoms with Crippen LogP contribution in [0.5, 0.6) is 0 Å². The summed E-state index contributed by atoms with van der Waals surface area (Å²) in [5, 5.41) is 40.9. The maximum atomic E-state index is 12.3. The minimum Gasteiger partial charge on any atom is -0.289 e. The van der Waals surface area contributed by atoms with Gasteiger partial charge in [-0.15, -0.1) is 0 Å². The second-order valence-corrected chi connectivity index (χ2v) is 9.88. The molecule has 204 valence electrons. The van der Waals surface area contributed by atoms with Crippen LogP contribution in [0.25, 0.3) is 43.4 Å². The molecule has 0 aromatic heterocycles. The number of non-ortho nitro benzene ring substituents is 2. The normalized spacial score (nSPS) is 11.6. The zero-order valence-corrected chi connectivity index (χ0v) is 21.9. The van der Waals surface area contributed by atoms with Crippen molar-refractivity contribution in [2.75, 3.05) is 0 Å². The van der Waals surface area contributed by atoms with Gasteiger partial charge in [0.25, 0.3) is 17.1 Å². The predicted molar refractivity (Wildman–Crippen MR) is 159 cm³/mol. The van der Waals surface area contributed by atoms with Gasteiger partial charge in [-0.05, 0) is 63.0 Å². The van der Waals surface area contributed by atoms with E-state index >= 15 is 0 Å². The average Bonchev–Trinajstić information content (AvgIpc) is 3.27. The molecule has 0 radical (unpaired) electrons. The van der Waals surface area contributed by atoms with E-state index in [1.807, 2.05) is 0 Å². The maximum Gasteiger partial charge on any atom is 0.284 e. The number of nitro groups is 3. The quantitative estimate of drug-likeness (QED) is 0.0923. The van der Waals surface area contributed by atoms with Crippen molar-refractivity contribution < 1.29 is 19.6 Å². The lowest BCUT2D eigenvalue weighted by atomic mass is 9.95. The Labute approximate surface area is 236 Å². The van der Waals surface area contributed by atoms with E-state index < -0.39 is 31.9 Å².